The first-order valence-corrected chi connectivity index (χ1v) is 9.78. The maximum absolute atomic E-state index is 12.7. The molecule has 1 saturated heterocycles. The first-order chi connectivity index (χ1) is 10.2. The molecule has 2 rings (SSSR count). The number of nitrogens with zero attached hydrogens (tertiary/aromatic N) is 2. The lowest BCUT2D eigenvalue weighted by Gasteiger charge is -2.43. The molecule has 1 unspecified atom stereocenters. The Morgan fingerprint density at radius 2 is 1.91 bits per heavy atom. The van der Waals surface area contributed by atoms with E-state index in [1.165, 1.54) is 6.39 Å². The van der Waals surface area contributed by atoms with Gasteiger partial charge in [0.1, 0.15) is 5.76 Å². The second kappa shape index (κ2) is 6.71. The number of likely N-dealkylation sites (tertiary alicyclic amines) is 1. The maximum Gasteiger partial charge on any atom is 0.181 e. The zero-order valence-electron chi connectivity index (χ0n) is 14.2. The van der Waals surface area contributed by atoms with Gasteiger partial charge in [-0.25, -0.2) is 13.4 Å². The molecule has 22 heavy (non-hydrogen) atoms. The Morgan fingerprint density at radius 3 is 2.36 bits per heavy atom. The van der Waals surface area contributed by atoms with E-state index in [4.69, 9.17) is 4.42 Å². The standard InChI is InChI=1S/C16H28N2O3S/c1-11(2)8-18-12(3)6-15(7-13(18)4)22(19,20)9-16-14(5)21-10-17-16/h10-13,15H,6-9H2,1-5H3/t12-,13+,15?. The van der Waals surface area contributed by atoms with Crippen LogP contribution in [-0.4, -0.2) is 42.2 Å². The van der Waals surface area contributed by atoms with Crippen LogP contribution in [0.2, 0.25) is 0 Å². The fraction of sp³-hybridized carbons (Fsp3) is 0.812. The van der Waals surface area contributed by atoms with Crippen LogP contribution in [0.3, 0.4) is 0 Å². The van der Waals surface area contributed by atoms with Gasteiger partial charge in [-0.3, -0.25) is 4.90 Å². The van der Waals surface area contributed by atoms with Gasteiger partial charge in [-0.15, -0.1) is 0 Å². The molecule has 5 nitrogen and oxygen atoms in total. The van der Waals surface area contributed by atoms with Crippen LogP contribution in [0.15, 0.2) is 10.8 Å². The smallest absolute Gasteiger partial charge is 0.181 e. The van der Waals surface area contributed by atoms with Gasteiger partial charge in [0.15, 0.2) is 16.2 Å². The van der Waals surface area contributed by atoms with E-state index in [0.717, 1.165) is 6.54 Å². The highest BCUT2D eigenvalue weighted by Crippen LogP contribution is 2.30. The topological polar surface area (TPSA) is 63.4 Å². The zero-order valence-corrected chi connectivity index (χ0v) is 15.1. The summed E-state index contributed by atoms with van der Waals surface area (Å²) in [6, 6.07) is 0.591. The van der Waals surface area contributed by atoms with Crippen molar-refractivity contribution in [2.45, 2.75) is 70.5 Å². The lowest BCUT2D eigenvalue weighted by atomic mass is 9.95. The molecule has 6 heteroatoms. The highest BCUT2D eigenvalue weighted by Gasteiger charge is 2.38. The number of sulfone groups is 1. The highest BCUT2D eigenvalue weighted by molar-refractivity contribution is 7.91. The van der Waals surface area contributed by atoms with Crippen molar-refractivity contribution < 1.29 is 12.8 Å². The van der Waals surface area contributed by atoms with Gasteiger partial charge < -0.3 is 4.42 Å². The van der Waals surface area contributed by atoms with Crippen LogP contribution in [0.5, 0.6) is 0 Å². The summed E-state index contributed by atoms with van der Waals surface area (Å²) in [7, 11) is -3.20. The molecule has 0 aliphatic carbocycles. The van der Waals surface area contributed by atoms with Gasteiger partial charge >= 0.3 is 0 Å². The molecular formula is C16H28N2O3S. The predicted octanol–water partition coefficient (Wildman–Crippen LogP) is 2.80. The summed E-state index contributed by atoms with van der Waals surface area (Å²) in [5.41, 5.74) is 0.546. The number of rotatable bonds is 5. The molecule has 1 aliphatic heterocycles. The number of hydrogen-bond donors (Lipinski definition) is 0. The van der Waals surface area contributed by atoms with Gasteiger partial charge in [0.05, 0.1) is 16.7 Å². The average Bonchev–Trinajstić information content (AvgIpc) is 2.78. The summed E-state index contributed by atoms with van der Waals surface area (Å²) in [6.45, 7) is 11.5. The van der Waals surface area contributed by atoms with Crippen molar-refractivity contribution in [3.05, 3.63) is 17.8 Å². The number of piperidine rings is 1. The molecule has 2 heterocycles. The summed E-state index contributed by atoms with van der Waals surface area (Å²) in [6.07, 6.45) is 2.73. The van der Waals surface area contributed by atoms with Crippen molar-refractivity contribution in [1.82, 2.24) is 9.88 Å². The molecule has 0 radical (unpaired) electrons. The third kappa shape index (κ3) is 3.90. The Hall–Kier alpha value is -0.880. The Balaban J connectivity index is 2.09. The lowest BCUT2D eigenvalue weighted by Crippen LogP contribution is -2.51. The summed E-state index contributed by atoms with van der Waals surface area (Å²) < 4.78 is 30.6. The van der Waals surface area contributed by atoms with E-state index >= 15 is 0 Å². The second-order valence-electron chi connectivity index (χ2n) is 7.04. The van der Waals surface area contributed by atoms with Gasteiger partial charge in [-0.1, -0.05) is 13.8 Å². The van der Waals surface area contributed by atoms with E-state index in [0.29, 0.717) is 42.3 Å². The third-order valence-electron chi connectivity index (χ3n) is 4.61. The molecule has 3 atom stereocenters. The molecule has 0 N–H and O–H groups in total. The summed E-state index contributed by atoms with van der Waals surface area (Å²) in [4.78, 5) is 6.47. The fourth-order valence-electron chi connectivity index (χ4n) is 3.41. The first-order valence-electron chi connectivity index (χ1n) is 8.07. The van der Waals surface area contributed by atoms with Crippen molar-refractivity contribution in [3.63, 3.8) is 0 Å². The van der Waals surface area contributed by atoms with Crippen LogP contribution < -0.4 is 0 Å². The molecule has 0 spiro atoms. The van der Waals surface area contributed by atoms with Crippen molar-refractivity contribution in [2.75, 3.05) is 6.54 Å². The first kappa shape index (κ1) is 17.5. The fourth-order valence-corrected chi connectivity index (χ4v) is 5.45. The monoisotopic (exact) mass is 328 g/mol. The largest absolute Gasteiger partial charge is 0.448 e. The Bertz CT molecular complexity index is 582. The van der Waals surface area contributed by atoms with Gasteiger partial charge in [0.2, 0.25) is 0 Å². The Morgan fingerprint density at radius 1 is 1.32 bits per heavy atom. The third-order valence-corrected chi connectivity index (χ3v) is 6.68. The number of hydrogen-bond acceptors (Lipinski definition) is 5. The quantitative estimate of drug-likeness (QED) is 0.831. The van der Waals surface area contributed by atoms with E-state index in [1.807, 2.05) is 0 Å². The number of aryl methyl sites for hydroxylation is 1. The van der Waals surface area contributed by atoms with Crippen molar-refractivity contribution in [2.24, 2.45) is 5.92 Å². The van der Waals surface area contributed by atoms with Crippen molar-refractivity contribution in [1.29, 1.82) is 0 Å². The molecule has 1 aliphatic rings. The molecule has 126 valence electrons. The van der Waals surface area contributed by atoms with Crippen LogP contribution >= 0.6 is 0 Å². The van der Waals surface area contributed by atoms with Crippen molar-refractivity contribution in [3.8, 4) is 0 Å². The van der Waals surface area contributed by atoms with Gasteiger partial charge in [0, 0.05) is 18.6 Å². The van der Waals surface area contributed by atoms with Gasteiger partial charge in [-0.05, 0) is 39.5 Å². The van der Waals surface area contributed by atoms with Gasteiger partial charge in [0.25, 0.3) is 0 Å². The van der Waals surface area contributed by atoms with Gasteiger partial charge in [-0.2, -0.15) is 0 Å². The molecule has 1 aromatic rings. The maximum atomic E-state index is 12.7. The molecule has 0 saturated carbocycles. The van der Waals surface area contributed by atoms with Crippen LogP contribution in [0.4, 0.5) is 0 Å². The molecule has 0 amide bonds. The number of aromatic nitrogens is 1. The molecule has 0 bridgehead atoms. The average molecular weight is 328 g/mol. The van der Waals surface area contributed by atoms with E-state index in [1.54, 1.807) is 6.92 Å². The summed E-state index contributed by atoms with van der Waals surface area (Å²) >= 11 is 0. The minimum Gasteiger partial charge on any atom is -0.448 e. The number of oxazole rings is 1. The van der Waals surface area contributed by atoms with E-state index in [9.17, 15) is 8.42 Å². The molecule has 0 aromatic carbocycles. The van der Waals surface area contributed by atoms with Crippen LogP contribution in [0, 0.1) is 12.8 Å². The summed E-state index contributed by atoms with van der Waals surface area (Å²) in [5, 5.41) is -0.281. The van der Waals surface area contributed by atoms with Crippen LogP contribution in [-0.2, 0) is 15.6 Å². The molecule has 1 fully saturated rings. The zero-order chi connectivity index (χ0) is 16.5. The predicted molar refractivity (Wildman–Crippen MR) is 87.4 cm³/mol. The normalized spacial score (nSPS) is 27.5. The van der Waals surface area contributed by atoms with E-state index in [2.05, 4.69) is 37.6 Å². The Kier molecular flexibility index (Phi) is 5.33. The lowest BCUT2D eigenvalue weighted by molar-refractivity contribution is 0.0914. The van der Waals surface area contributed by atoms with Crippen LogP contribution in [0.1, 0.15) is 52.0 Å². The molecular weight excluding hydrogens is 300 g/mol. The van der Waals surface area contributed by atoms with Crippen LogP contribution in [0.25, 0.3) is 0 Å². The Labute approximate surface area is 134 Å². The summed E-state index contributed by atoms with van der Waals surface area (Å²) in [5.74, 6) is 1.18. The van der Waals surface area contributed by atoms with E-state index < -0.39 is 9.84 Å². The minimum atomic E-state index is -3.20. The molecule has 1 aromatic heterocycles. The van der Waals surface area contributed by atoms with E-state index in [-0.39, 0.29) is 11.0 Å². The van der Waals surface area contributed by atoms with Crippen molar-refractivity contribution >= 4 is 9.84 Å². The SMILES string of the molecule is Cc1ocnc1CS(=O)(=O)C1C[C@@H](C)N(CC(C)C)[C@@H](C)C1. The highest BCUT2D eigenvalue weighted by atomic mass is 32.2. The minimum absolute atomic E-state index is 0.0103. The second-order valence-corrected chi connectivity index (χ2v) is 9.33.